The molecule has 1 saturated heterocycles. The molecule has 122 valence electrons. The quantitative estimate of drug-likeness (QED) is 0.624. The molecule has 0 aliphatic carbocycles. The van der Waals surface area contributed by atoms with Gasteiger partial charge in [-0.15, -0.1) is 0 Å². The molecule has 2 N–H and O–H groups in total. The molecule has 0 aromatic carbocycles. The van der Waals surface area contributed by atoms with Crippen LogP contribution in [0.4, 0.5) is 0 Å². The first-order valence-corrected chi connectivity index (χ1v) is 7.82. The van der Waals surface area contributed by atoms with Gasteiger partial charge in [0.15, 0.2) is 0 Å². The summed E-state index contributed by atoms with van der Waals surface area (Å²) in [5.74, 6) is -0.346. The van der Waals surface area contributed by atoms with Gasteiger partial charge in [-0.3, -0.25) is 14.5 Å². The number of ether oxygens (including phenoxy) is 1. The lowest BCUT2D eigenvalue weighted by molar-refractivity contribution is -0.145. The monoisotopic (exact) mass is 300 g/mol. The van der Waals surface area contributed by atoms with Crippen molar-refractivity contribution in [2.24, 2.45) is 5.92 Å². The fourth-order valence-electron chi connectivity index (χ4n) is 2.38. The maximum absolute atomic E-state index is 11.8. The Labute approximate surface area is 126 Å². The Morgan fingerprint density at radius 3 is 2.76 bits per heavy atom. The zero-order valence-electron chi connectivity index (χ0n) is 13.1. The minimum atomic E-state index is -0.834. The largest absolute Gasteiger partial charge is 0.480 e. The highest BCUT2D eigenvalue weighted by molar-refractivity contribution is 5.80. The smallest absolute Gasteiger partial charge is 0.320 e. The Bertz CT molecular complexity index is 334. The molecule has 1 rings (SSSR count). The van der Waals surface area contributed by atoms with Crippen molar-refractivity contribution >= 4 is 11.9 Å². The molecule has 0 saturated carbocycles. The van der Waals surface area contributed by atoms with Crippen LogP contribution in [-0.2, 0) is 14.3 Å². The van der Waals surface area contributed by atoms with Crippen molar-refractivity contribution < 1.29 is 19.4 Å². The summed E-state index contributed by atoms with van der Waals surface area (Å²) in [6, 6.07) is -0.521. The van der Waals surface area contributed by atoms with Crippen LogP contribution >= 0.6 is 0 Å². The van der Waals surface area contributed by atoms with Gasteiger partial charge >= 0.3 is 5.97 Å². The van der Waals surface area contributed by atoms with Gasteiger partial charge in [0, 0.05) is 13.2 Å². The van der Waals surface area contributed by atoms with Crippen molar-refractivity contribution in [2.75, 3.05) is 32.8 Å². The third-order valence-corrected chi connectivity index (χ3v) is 3.65. The lowest BCUT2D eigenvalue weighted by atomic mass is 10.0. The number of carbonyl (C=O) groups excluding carboxylic acids is 1. The SMILES string of the molecule is CC(C)CCOCCNC(=O)CN1CCCCC1C(=O)O. The van der Waals surface area contributed by atoms with Crippen molar-refractivity contribution in [3.05, 3.63) is 0 Å². The van der Waals surface area contributed by atoms with Crippen LogP contribution in [0, 0.1) is 5.92 Å². The first kappa shape index (κ1) is 17.9. The molecule has 1 aliphatic heterocycles. The summed E-state index contributed by atoms with van der Waals surface area (Å²) in [6.07, 6.45) is 3.51. The van der Waals surface area contributed by atoms with Crippen molar-refractivity contribution in [3.8, 4) is 0 Å². The van der Waals surface area contributed by atoms with E-state index in [-0.39, 0.29) is 12.5 Å². The minimum Gasteiger partial charge on any atom is -0.480 e. The molecule has 0 spiro atoms. The predicted molar refractivity (Wildman–Crippen MR) is 80.1 cm³/mol. The third-order valence-electron chi connectivity index (χ3n) is 3.65. The summed E-state index contributed by atoms with van der Waals surface area (Å²) in [6.45, 7) is 6.80. The Morgan fingerprint density at radius 1 is 1.33 bits per heavy atom. The van der Waals surface area contributed by atoms with Crippen LogP contribution in [0.3, 0.4) is 0 Å². The predicted octanol–water partition coefficient (Wildman–Crippen LogP) is 1.10. The van der Waals surface area contributed by atoms with E-state index in [1.165, 1.54) is 0 Å². The second-order valence-corrected chi connectivity index (χ2v) is 5.97. The summed E-state index contributed by atoms with van der Waals surface area (Å²) >= 11 is 0. The third kappa shape index (κ3) is 7.43. The van der Waals surface area contributed by atoms with Crippen LogP contribution in [0.2, 0.25) is 0 Å². The highest BCUT2D eigenvalue weighted by atomic mass is 16.5. The fourth-order valence-corrected chi connectivity index (χ4v) is 2.38. The number of rotatable bonds is 9. The number of likely N-dealkylation sites (tertiary alicyclic amines) is 1. The summed E-state index contributed by atoms with van der Waals surface area (Å²) in [5, 5.41) is 11.9. The number of carbonyl (C=O) groups is 2. The number of nitrogens with one attached hydrogen (secondary N) is 1. The van der Waals surface area contributed by atoms with E-state index in [2.05, 4.69) is 19.2 Å². The molecular formula is C15H28N2O4. The van der Waals surface area contributed by atoms with Crippen molar-refractivity contribution in [1.82, 2.24) is 10.2 Å². The first-order valence-electron chi connectivity index (χ1n) is 7.82. The van der Waals surface area contributed by atoms with Crippen LogP contribution in [0.5, 0.6) is 0 Å². The molecule has 0 bridgehead atoms. The number of nitrogens with zero attached hydrogens (tertiary/aromatic N) is 1. The molecule has 1 atom stereocenters. The second kappa shape index (κ2) is 9.73. The number of piperidine rings is 1. The molecular weight excluding hydrogens is 272 g/mol. The summed E-state index contributed by atoms with van der Waals surface area (Å²) in [7, 11) is 0. The molecule has 6 heteroatoms. The number of amides is 1. The Hall–Kier alpha value is -1.14. The number of hydrogen-bond donors (Lipinski definition) is 2. The van der Waals surface area contributed by atoms with E-state index < -0.39 is 12.0 Å². The maximum Gasteiger partial charge on any atom is 0.320 e. The average molecular weight is 300 g/mol. The van der Waals surface area contributed by atoms with Crippen LogP contribution in [0.25, 0.3) is 0 Å². The van der Waals surface area contributed by atoms with Crippen molar-refractivity contribution in [1.29, 1.82) is 0 Å². The Balaban J connectivity index is 2.16. The highest BCUT2D eigenvalue weighted by Crippen LogP contribution is 2.16. The molecule has 0 aromatic rings. The van der Waals surface area contributed by atoms with Gasteiger partial charge in [-0.05, 0) is 31.7 Å². The molecule has 1 unspecified atom stereocenters. The van der Waals surface area contributed by atoms with E-state index in [1.807, 2.05) is 0 Å². The van der Waals surface area contributed by atoms with Crippen LogP contribution < -0.4 is 5.32 Å². The van der Waals surface area contributed by atoms with Gasteiger partial charge in [0.2, 0.25) is 5.91 Å². The van der Waals surface area contributed by atoms with E-state index in [9.17, 15) is 9.59 Å². The number of carboxylic acid groups (broad SMARTS) is 1. The molecule has 1 aliphatic rings. The van der Waals surface area contributed by atoms with Gasteiger partial charge in [-0.2, -0.15) is 0 Å². The van der Waals surface area contributed by atoms with Crippen LogP contribution in [-0.4, -0.2) is 60.8 Å². The maximum atomic E-state index is 11.8. The van der Waals surface area contributed by atoms with E-state index in [1.54, 1.807) is 4.90 Å². The average Bonchev–Trinajstić information content (AvgIpc) is 2.42. The van der Waals surface area contributed by atoms with Gasteiger partial charge < -0.3 is 15.2 Å². The van der Waals surface area contributed by atoms with Crippen molar-refractivity contribution in [2.45, 2.75) is 45.6 Å². The molecule has 21 heavy (non-hydrogen) atoms. The number of carboxylic acids is 1. The van der Waals surface area contributed by atoms with E-state index in [0.717, 1.165) is 19.3 Å². The van der Waals surface area contributed by atoms with Gasteiger partial charge in [-0.25, -0.2) is 0 Å². The van der Waals surface area contributed by atoms with Gasteiger partial charge in [0.1, 0.15) is 6.04 Å². The summed E-state index contributed by atoms with van der Waals surface area (Å²) in [4.78, 5) is 24.7. The van der Waals surface area contributed by atoms with E-state index in [4.69, 9.17) is 9.84 Å². The van der Waals surface area contributed by atoms with Crippen molar-refractivity contribution in [3.63, 3.8) is 0 Å². The van der Waals surface area contributed by atoms with Crippen LogP contribution in [0.15, 0.2) is 0 Å². The normalized spacial score (nSPS) is 19.7. The minimum absolute atomic E-state index is 0.129. The number of aliphatic carboxylic acids is 1. The molecule has 0 aromatic heterocycles. The van der Waals surface area contributed by atoms with Gasteiger partial charge in [0.25, 0.3) is 0 Å². The summed E-state index contributed by atoms with van der Waals surface area (Å²) < 4.78 is 5.42. The lowest BCUT2D eigenvalue weighted by Crippen LogP contribution is -2.49. The van der Waals surface area contributed by atoms with Crippen LogP contribution in [0.1, 0.15) is 39.5 Å². The Kier molecular flexibility index (Phi) is 8.30. The summed E-state index contributed by atoms with van der Waals surface area (Å²) in [5.41, 5.74) is 0. The molecule has 1 fully saturated rings. The van der Waals surface area contributed by atoms with Gasteiger partial charge in [0.05, 0.1) is 13.2 Å². The standard InChI is InChI=1S/C15H28N2O4/c1-12(2)6-9-21-10-7-16-14(18)11-17-8-4-3-5-13(17)15(19)20/h12-13H,3-11H2,1-2H3,(H,16,18)(H,19,20). The van der Waals surface area contributed by atoms with E-state index in [0.29, 0.717) is 38.6 Å². The first-order chi connectivity index (χ1) is 10.0. The highest BCUT2D eigenvalue weighted by Gasteiger charge is 2.29. The molecule has 1 amide bonds. The van der Waals surface area contributed by atoms with E-state index >= 15 is 0 Å². The topological polar surface area (TPSA) is 78.9 Å². The molecule has 6 nitrogen and oxygen atoms in total. The lowest BCUT2D eigenvalue weighted by Gasteiger charge is -2.32. The molecule has 0 radical (unpaired) electrons. The number of hydrogen-bond acceptors (Lipinski definition) is 4. The molecule has 1 heterocycles. The zero-order valence-corrected chi connectivity index (χ0v) is 13.1. The zero-order chi connectivity index (χ0) is 15.7. The Morgan fingerprint density at radius 2 is 2.10 bits per heavy atom. The second-order valence-electron chi connectivity index (χ2n) is 5.97. The van der Waals surface area contributed by atoms with Gasteiger partial charge in [-0.1, -0.05) is 20.3 Å². The fraction of sp³-hybridized carbons (Fsp3) is 0.867.